The highest BCUT2D eigenvalue weighted by atomic mass is 16.5. The second-order valence-electron chi connectivity index (χ2n) is 6.03. The standard InChI is InChI=1S/C16H27N9O/c1-17-16(20-5-6-25-7-9-26-10-8-25)19-4-3-18-14-13-11-23-24(2)15(13)22-12-21-14/h11-12H,3-10H2,1-2H3,(H2,17,19,20)(H,18,21,22). The Morgan fingerprint density at radius 1 is 1.19 bits per heavy atom. The number of hydrogen-bond acceptors (Lipinski definition) is 7. The predicted molar refractivity (Wildman–Crippen MR) is 101 cm³/mol. The molecule has 0 aromatic carbocycles. The summed E-state index contributed by atoms with van der Waals surface area (Å²) in [5.74, 6) is 1.59. The van der Waals surface area contributed by atoms with Crippen molar-refractivity contribution in [1.29, 1.82) is 0 Å². The lowest BCUT2D eigenvalue weighted by Crippen LogP contribution is -2.45. The van der Waals surface area contributed by atoms with Crippen molar-refractivity contribution in [3.63, 3.8) is 0 Å². The number of nitrogens with zero attached hydrogens (tertiary/aromatic N) is 6. The maximum absolute atomic E-state index is 5.36. The molecule has 0 spiro atoms. The molecule has 1 saturated heterocycles. The number of rotatable bonds is 7. The molecular weight excluding hydrogens is 334 g/mol. The summed E-state index contributed by atoms with van der Waals surface area (Å²) in [6, 6.07) is 0. The summed E-state index contributed by atoms with van der Waals surface area (Å²) in [7, 11) is 3.65. The van der Waals surface area contributed by atoms with Crippen LogP contribution in [0.25, 0.3) is 11.0 Å². The Bertz CT molecular complexity index is 724. The zero-order chi connectivity index (χ0) is 18.2. The van der Waals surface area contributed by atoms with E-state index in [0.717, 1.165) is 68.7 Å². The highest BCUT2D eigenvalue weighted by Gasteiger charge is 2.10. The van der Waals surface area contributed by atoms with Gasteiger partial charge in [0.15, 0.2) is 11.6 Å². The normalized spacial score (nSPS) is 16.0. The van der Waals surface area contributed by atoms with Gasteiger partial charge in [0.1, 0.15) is 12.1 Å². The van der Waals surface area contributed by atoms with Crippen LogP contribution in [0.3, 0.4) is 0 Å². The van der Waals surface area contributed by atoms with Crippen molar-refractivity contribution in [1.82, 2.24) is 35.3 Å². The van der Waals surface area contributed by atoms with Crippen LogP contribution in [0.5, 0.6) is 0 Å². The maximum Gasteiger partial charge on any atom is 0.191 e. The largest absolute Gasteiger partial charge is 0.379 e. The van der Waals surface area contributed by atoms with Crippen LogP contribution in [0, 0.1) is 0 Å². The van der Waals surface area contributed by atoms with Crippen LogP contribution >= 0.6 is 0 Å². The second kappa shape index (κ2) is 9.30. The first kappa shape index (κ1) is 18.3. The number of anilines is 1. The van der Waals surface area contributed by atoms with E-state index < -0.39 is 0 Å². The Kier molecular flexibility index (Phi) is 6.56. The number of aliphatic imine (C=N–C) groups is 1. The molecule has 3 N–H and O–H groups in total. The summed E-state index contributed by atoms with van der Waals surface area (Å²) in [5, 5.41) is 15.1. The second-order valence-corrected chi connectivity index (χ2v) is 6.03. The number of morpholine rings is 1. The van der Waals surface area contributed by atoms with Gasteiger partial charge in [-0.05, 0) is 0 Å². The van der Waals surface area contributed by atoms with E-state index in [1.54, 1.807) is 24.3 Å². The van der Waals surface area contributed by atoms with Gasteiger partial charge in [0.2, 0.25) is 0 Å². The van der Waals surface area contributed by atoms with Gasteiger partial charge < -0.3 is 20.7 Å². The van der Waals surface area contributed by atoms with Crippen molar-refractivity contribution >= 4 is 22.8 Å². The van der Waals surface area contributed by atoms with Gasteiger partial charge in [-0.3, -0.25) is 14.6 Å². The van der Waals surface area contributed by atoms with Crippen molar-refractivity contribution < 1.29 is 4.74 Å². The van der Waals surface area contributed by atoms with Crippen molar-refractivity contribution in [2.45, 2.75) is 0 Å². The highest BCUT2D eigenvalue weighted by molar-refractivity contribution is 5.86. The summed E-state index contributed by atoms with van der Waals surface area (Å²) < 4.78 is 7.10. The SMILES string of the molecule is CN=C(NCCNc1ncnc2c1cnn2C)NCCN1CCOCC1. The molecule has 142 valence electrons. The molecular formula is C16H27N9O. The molecule has 0 atom stereocenters. The molecule has 10 nitrogen and oxygen atoms in total. The number of fused-ring (bicyclic) bond motifs is 1. The van der Waals surface area contributed by atoms with E-state index in [1.165, 1.54) is 0 Å². The number of guanidine groups is 1. The fraction of sp³-hybridized carbons (Fsp3) is 0.625. The van der Waals surface area contributed by atoms with Crippen LogP contribution < -0.4 is 16.0 Å². The van der Waals surface area contributed by atoms with E-state index in [-0.39, 0.29) is 0 Å². The zero-order valence-electron chi connectivity index (χ0n) is 15.4. The van der Waals surface area contributed by atoms with Gasteiger partial charge >= 0.3 is 0 Å². The first-order chi connectivity index (χ1) is 12.8. The van der Waals surface area contributed by atoms with Gasteiger partial charge in [0.25, 0.3) is 0 Å². The molecule has 0 radical (unpaired) electrons. The minimum absolute atomic E-state index is 0.713. The van der Waals surface area contributed by atoms with Crippen LogP contribution in [0.4, 0.5) is 5.82 Å². The van der Waals surface area contributed by atoms with E-state index in [1.807, 2.05) is 7.05 Å². The summed E-state index contributed by atoms with van der Waals surface area (Å²) in [4.78, 5) is 15.2. The summed E-state index contributed by atoms with van der Waals surface area (Å²) in [6.07, 6.45) is 3.32. The number of aromatic nitrogens is 4. The van der Waals surface area contributed by atoms with Crippen LogP contribution in [-0.2, 0) is 11.8 Å². The fourth-order valence-electron chi connectivity index (χ4n) is 2.84. The molecule has 0 saturated carbocycles. The molecule has 2 aromatic rings. The summed E-state index contributed by atoms with van der Waals surface area (Å²) >= 11 is 0. The number of nitrogens with one attached hydrogen (secondary N) is 3. The fourth-order valence-corrected chi connectivity index (χ4v) is 2.84. The van der Waals surface area contributed by atoms with Crippen molar-refractivity contribution in [2.75, 3.05) is 64.8 Å². The van der Waals surface area contributed by atoms with Crippen LogP contribution in [0.1, 0.15) is 0 Å². The van der Waals surface area contributed by atoms with E-state index in [0.29, 0.717) is 6.54 Å². The van der Waals surface area contributed by atoms with E-state index in [4.69, 9.17) is 4.74 Å². The molecule has 1 fully saturated rings. The lowest BCUT2D eigenvalue weighted by atomic mass is 10.4. The molecule has 0 unspecified atom stereocenters. The first-order valence-electron chi connectivity index (χ1n) is 8.89. The monoisotopic (exact) mass is 361 g/mol. The Balaban J connectivity index is 1.37. The van der Waals surface area contributed by atoms with Gasteiger partial charge in [-0.25, -0.2) is 9.97 Å². The quantitative estimate of drug-likeness (QED) is 0.337. The molecule has 10 heteroatoms. The molecule has 3 heterocycles. The lowest BCUT2D eigenvalue weighted by Gasteiger charge is -2.26. The van der Waals surface area contributed by atoms with Crippen LogP contribution in [0.2, 0.25) is 0 Å². The third-order valence-electron chi connectivity index (χ3n) is 4.29. The minimum atomic E-state index is 0.713. The third-order valence-corrected chi connectivity index (χ3v) is 4.29. The highest BCUT2D eigenvalue weighted by Crippen LogP contribution is 2.16. The Morgan fingerprint density at radius 3 is 2.81 bits per heavy atom. The van der Waals surface area contributed by atoms with Gasteiger partial charge in [-0.1, -0.05) is 0 Å². The molecule has 1 aliphatic heterocycles. The number of aryl methyl sites for hydroxylation is 1. The van der Waals surface area contributed by atoms with Crippen LogP contribution in [0.15, 0.2) is 17.5 Å². The van der Waals surface area contributed by atoms with Gasteiger partial charge in [0, 0.05) is 53.4 Å². The van der Waals surface area contributed by atoms with Crippen molar-refractivity contribution in [3.05, 3.63) is 12.5 Å². The molecule has 0 amide bonds. The third kappa shape index (κ3) is 4.79. The molecule has 1 aliphatic rings. The number of hydrogen-bond donors (Lipinski definition) is 3. The molecule has 0 bridgehead atoms. The van der Waals surface area contributed by atoms with Gasteiger partial charge in [-0.2, -0.15) is 5.10 Å². The first-order valence-corrected chi connectivity index (χ1v) is 8.89. The maximum atomic E-state index is 5.36. The van der Waals surface area contributed by atoms with Gasteiger partial charge in [-0.15, -0.1) is 0 Å². The van der Waals surface area contributed by atoms with Crippen molar-refractivity contribution in [2.24, 2.45) is 12.0 Å². The number of ether oxygens (including phenoxy) is 1. The lowest BCUT2D eigenvalue weighted by molar-refractivity contribution is 0.0389. The smallest absolute Gasteiger partial charge is 0.191 e. The average molecular weight is 361 g/mol. The Hall–Kier alpha value is -2.46. The molecule has 0 aliphatic carbocycles. The topological polar surface area (TPSA) is 105 Å². The predicted octanol–water partition coefficient (Wildman–Crippen LogP) is -0.728. The van der Waals surface area contributed by atoms with Gasteiger partial charge in [0.05, 0.1) is 24.8 Å². The summed E-state index contributed by atoms with van der Waals surface area (Å²) in [5.41, 5.74) is 0.816. The van der Waals surface area contributed by atoms with Crippen molar-refractivity contribution in [3.8, 4) is 0 Å². The van der Waals surface area contributed by atoms with Crippen LogP contribution in [-0.4, -0.2) is 90.1 Å². The average Bonchev–Trinajstić information content (AvgIpc) is 3.06. The zero-order valence-corrected chi connectivity index (χ0v) is 15.4. The van der Waals surface area contributed by atoms with E-state index in [2.05, 4.69) is 40.9 Å². The Labute approximate surface area is 153 Å². The minimum Gasteiger partial charge on any atom is -0.379 e. The van der Waals surface area contributed by atoms with E-state index in [9.17, 15) is 0 Å². The molecule has 2 aromatic heterocycles. The summed E-state index contributed by atoms with van der Waals surface area (Å²) in [6.45, 7) is 6.93. The van der Waals surface area contributed by atoms with E-state index >= 15 is 0 Å². The Morgan fingerprint density at radius 2 is 2.00 bits per heavy atom. The molecule has 26 heavy (non-hydrogen) atoms. The molecule has 3 rings (SSSR count).